The van der Waals surface area contributed by atoms with E-state index in [1.54, 1.807) is 6.07 Å². The molecule has 4 N–H and O–H groups in total. The van der Waals surface area contributed by atoms with Crippen molar-refractivity contribution in [2.75, 3.05) is 0 Å². The third-order valence-corrected chi connectivity index (χ3v) is 3.60. The van der Waals surface area contributed by atoms with Crippen LogP contribution in [0.15, 0.2) is 18.2 Å². The summed E-state index contributed by atoms with van der Waals surface area (Å²) >= 11 is 0. The summed E-state index contributed by atoms with van der Waals surface area (Å²) in [6.07, 6.45) is 1.73. The fraction of sp³-hybridized carbons (Fsp3) is 0.500. The van der Waals surface area contributed by atoms with Crippen molar-refractivity contribution in [2.45, 2.75) is 38.8 Å². The second-order valence-corrected chi connectivity index (χ2v) is 5.23. The fourth-order valence-electron chi connectivity index (χ4n) is 2.63. The molecule has 18 heavy (non-hydrogen) atoms. The van der Waals surface area contributed by atoms with Crippen LogP contribution in [-0.2, 0) is 11.2 Å². The highest BCUT2D eigenvalue weighted by Crippen LogP contribution is 2.36. The van der Waals surface area contributed by atoms with Gasteiger partial charge in [0.15, 0.2) is 0 Å². The average Bonchev–Trinajstić information content (AvgIpc) is 2.69. The highest BCUT2D eigenvalue weighted by Gasteiger charge is 2.29. The number of carbonyl (C=O) groups excluding carboxylic acids is 1. The van der Waals surface area contributed by atoms with Gasteiger partial charge < -0.3 is 10.8 Å². The standard InChI is InChI=1S/C14H20N2O2/c1-8(2)13(14(15)18)16-11-7-6-10-9(11)4-3-5-12(10)17/h3-5,8,11,13,16-17H,6-7H2,1-2H3,(H2,15,18). The van der Waals surface area contributed by atoms with E-state index < -0.39 is 0 Å². The van der Waals surface area contributed by atoms with Crippen LogP contribution < -0.4 is 11.1 Å². The van der Waals surface area contributed by atoms with Crippen molar-refractivity contribution in [2.24, 2.45) is 11.7 Å². The lowest BCUT2D eigenvalue weighted by molar-refractivity contribution is -0.121. The van der Waals surface area contributed by atoms with E-state index in [4.69, 9.17) is 5.73 Å². The topological polar surface area (TPSA) is 75.3 Å². The lowest BCUT2D eigenvalue weighted by atomic mass is 10.0. The molecule has 0 heterocycles. The molecule has 2 rings (SSSR count). The molecule has 0 fully saturated rings. The number of nitrogens with two attached hydrogens (primary N) is 1. The first-order valence-electron chi connectivity index (χ1n) is 6.36. The molecule has 2 unspecified atom stereocenters. The molecule has 1 aliphatic carbocycles. The van der Waals surface area contributed by atoms with Gasteiger partial charge in [0, 0.05) is 6.04 Å². The van der Waals surface area contributed by atoms with Crippen molar-refractivity contribution in [1.29, 1.82) is 0 Å². The SMILES string of the molecule is CC(C)C(NC1CCc2c(O)cccc21)C(N)=O. The summed E-state index contributed by atoms with van der Waals surface area (Å²) in [7, 11) is 0. The van der Waals surface area contributed by atoms with E-state index in [0.717, 1.165) is 24.0 Å². The van der Waals surface area contributed by atoms with Gasteiger partial charge in [-0.2, -0.15) is 0 Å². The van der Waals surface area contributed by atoms with Crippen LogP contribution in [0.25, 0.3) is 0 Å². The van der Waals surface area contributed by atoms with E-state index in [1.807, 2.05) is 26.0 Å². The van der Waals surface area contributed by atoms with E-state index in [9.17, 15) is 9.90 Å². The molecule has 1 aliphatic rings. The van der Waals surface area contributed by atoms with Crippen LogP contribution in [-0.4, -0.2) is 17.1 Å². The fourth-order valence-corrected chi connectivity index (χ4v) is 2.63. The van der Waals surface area contributed by atoms with Gasteiger partial charge in [0.25, 0.3) is 0 Å². The maximum Gasteiger partial charge on any atom is 0.234 e. The average molecular weight is 248 g/mol. The predicted molar refractivity (Wildman–Crippen MR) is 70.1 cm³/mol. The van der Waals surface area contributed by atoms with Gasteiger partial charge in [-0.1, -0.05) is 26.0 Å². The summed E-state index contributed by atoms with van der Waals surface area (Å²) in [6, 6.07) is 5.31. The van der Waals surface area contributed by atoms with Gasteiger partial charge in [-0.25, -0.2) is 0 Å². The summed E-state index contributed by atoms with van der Waals surface area (Å²) in [4.78, 5) is 11.4. The zero-order chi connectivity index (χ0) is 13.3. The zero-order valence-corrected chi connectivity index (χ0v) is 10.8. The molecule has 0 spiro atoms. The Hall–Kier alpha value is -1.55. The summed E-state index contributed by atoms with van der Waals surface area (Å²) in [5.41, 5.74) is 7.49. The van der Waals surface area contributed by atoms with Gasteiger partial charge >= 0.3 is 0 Å². The predicted octanol–water partition coefficient (Wildman–Crippen LogP) is 1.48. The number of benzene rings is 1. The molecule has 4 heteroatoms. The molecule has 0 saturated carbocycles. The van der Waals surface area contributed by atoms with E-state index in [-0.39, 0.29) is 23.9 Å². The van der Waals surface area contributed by atoms with Gasteiger partial charge in [0.05, 0.1) is 6.04 Å². The lowest BCUT2D eigenvalue weighted by Gasteiger charge is -2.24. The molecule has 0 saturated heterocycles. The summed E-state index contributed by atoms with van der Waals surface area (Å²) in [6.45, 7) is 3.95. The Morgan fingerprint density at radius 3 is 2.83 bits per heavy atom. The second kappa shape index (κ2) is 4.98. The molecular weight excluding hydrogens is 228 g/mol. The van der Waals surface area contributed by atoms with Crippen molar-refractivity contribution >= 4 is 5.91 Å². The van der Waals surface area contributed by atoms with Gasteiger partial charge in [0.2, 0.25) is 5.91 Å². The van der Waals surface area contributed by atoms with E-state index in [1.165, 1.54) is 0 Å². The van der Waals surface area contributed by atoms with Crippen LogP contribution in [0.1, 0.15) is 37.4 Å². The summed E-state index contributed by atoms with van der Waals surface area (Å²) in [5, 5.41) is 13.1. The molecular formula is C14H20N2O2. The maximum absolute atomic E-state index is 11.4. The van der Waals surface area contributed by atoms with Crippen LogP contribution in [0.2, 0.25) is 0 Å². The summed E-state index contributed by atoms with van der Waals surface area (Å²) in [5.74, 6) is 0.180. The Labute approximate surface area is 107 Å². The number of hydrogen-bond donors (Lipinski definition) is 3. The van der Waals surface area contributed by atoms with Crippen molar-refractivity contribution in [3.63, 3.8) is 0 Å². The van der Waals surface area contributed by atoms with E-state index in [2.05, 4.69) is 5.32 Å². The highest BCUT2D eigenvalue weighted by molar-refractivity contribution is 5.80. The lowest BCUT2D eigenvalue weighted by Crippen LogP contribution is -2.46. The monoisotopic (exact) mass is 248 g/mol. The largest absolute Gasteiger partial charge is 0.508 e. The molecule has 0 aromatic heterocycles. The number of primary amides is 1. The smallest absolute Gasteiger partial charge is 0.234 e. The number of amides is 1. The minimum absolute atomic E-state index is 0.104. The van der Waals surface area contributed by atoms with Gasteiger partial charge in [-0.05, 0) is 36.0 Å². The van der Waals surface area contributed by atoms with Gasteiger partial charge in [-0.15, -0.1) is 0 Å². The normalized spacial score (nSPS) is 19.8. The first kappa shape index (κ1) is 12.9. The highest BCUT2D eigenvalue weighted by atomic mass is 16.3. The Kier molecular flexibility index (Phi) is 3.57. The molecule has 2 atom stereocenters. The molecule has 1 aromatic carbocycles. The number of phenols is 1. The van der Waals surface area contributed by atoms with Crippen LogP contribution in [0, 0.1) is 5.92 Å². The maximum atomic E-state index is 11.4. The van der Waals surface area contributed by atoms with Crippen LogP contribution in [0.3, 0.4) is 0 Å². The number of nitrogens with one attached hydrogen (secondary N) is 1. The van der Waals surface area contributed by atoms with Crippen molar-refractivity contribution < 1.29 is 9.90 Å². The minimum atomic E-state index is -0.330. The first-order chi connectivity index (χ1) is 8.50. The van der Waals surface area contributed by atoms with Crippen molar-refractivity contribution in [3.05, 3.63) is 29.3 Å². The van der Waals surface area contributed by atoms with Gasteiger partial charge in [-0.3, -0.25) is 10.1 Å². The Balaban J connectivity index is 2.19. The second-order valence-electron chi connectivity index (χ2n) is 5.23. The Morgan fingerprint density at radius 2 is 2.22 bits per heavy atom. The van der Waals surface area contributed by atoms with Crippen molar-refractivity contribution in [1.82, 2.24) is 5.32 Å². The zero-order valence-electron chi connectivity index (χ0n) is 10.8. The van der Waals surface area contributed by atoms with E-state index in [0.29, 0.717) is 5.75 Å². The first-order valence-corrected chi connectivity index (χ1v) is 6.36. The minimum Gasteiger partial charge on any atom is -0.508 e. The van der Waals surface area contributed by atoms with Crippen LogP contribution in [0.4, 0.5) is 0 Å². The number of fused-ring (bicyclic) bond motifs is 1. The molecule has 98 valence electrons. The number of hydrogen-bond acceptors (Lipinski definition) is 3. The number of aromatic hydroxyl groups is 1. The molecule has 0 aliphatic heterocycles. The third-order valence-electron chi connectivity index (χ3n) is 3.60. The molecule has 0 radical (unpaired) electrons. The van der Waals surface area contributed by atoms with E-state index >= 15 is 0 Å². The third kappa shape index (κ3) is 2.34. The molecule has 1 aromatic rings. The van der Waals surface area contributed by atoms with Crippen LogP contribution >= 0.6 is 0 Å². The number of carbonyl (C=O) groups is 1. The Bertz CT molecular complexity index is 457. The quantitative estimate of drug-likeness (QED) is 0.755. The Morgan fingerprint density at radius 1 is 1.50 bits per heavy atom. The molecule has 1 amide bonds. The molecule has 4 nitrogen and oxygen atoms in total. The molecule has 0 bridgehead atoms. The number of phenolic OH excluding ortho intramolecular Hbond substituents is 1. The van der Waals surface area contributed by atoms with Gasteiger partial charge in [0.1, 0.15) is 5.75 Å². The van der Waals surface area contributed by atoms with Crippen LogP contribution in [0.5, 0.6) is 5.75 Å². The number of rotatable bonds is 4. The summed E-state index contributed by atoms with van der Waals surface area (Å²) < 4.78 is 0. The van der Waals surface area contributed by atoms with Crippen molar-refractivity contribution in [3.8, 4) is 5.75 Å².